The molecule has 29 heavy (non-hydrogen) atoms. The fourth-order valence-electron chi connectivity index (χ4n) is 3.59. The lowest BCUT2D eigenvalue weighted by Gasteiger charge is -2.36. The predicted octanol–water partition coefficient (Wildman–Crippen LogP) is 3.58. The number of piperazine rings is 1. The second-order valence-electron chi connectivity index (χ2n) is 7.11. The number of halogens is 2. The molecule has 152 valence electrons. The van der Waals surface area contributed by atoms with Gasteiger partial charge in [0.05, 0.1) is 21.2 Å². The molecule has 8 heteroatoms. The van der Waals surface area contributed by atoms with Crippen LogP contribution in [0.5, 0.6) is 0 Å². The van der Waals surface area contributed by atoms with Gasteiger partial charge in [0.1, 0.15) is 0 Å². The third-order valence-electron chi connectivity index (χ3n) is 5.18. The molecule has 3 heterocycles. The maximum absolute atomic E-state index is 12.3. The zero-order chi connectivity index (χ0) is 20.2. The minimum absolute atomic E-state index is 0.130. The highest BCUT2D eigenvalue weighted by molar-refractivity contribution is 6.43. The van der Waals surface area contributed by atoms with E-state index < -0.39 is 0 Å². The summed E-state index contributed by atoms with van der Waals surface area (Å²) in [6.45, 7) is 5.32. The lowest BCUT2D eigenvalue weighted by Crippen LogP contribution is -2.47. The highest BCUT2D eigenvalue weighted by atomic mass is 35.5. The fraction of sp³-hybridized carbons (Fsp3) is 0.333. The van der Waals surface area contributed by atoms with Crippen LogP contribution in [0.25, 0.3) is 5.52 Å². The summed E-state index contributed by atoms with van der Waals surface area (Å²) in [5.41, 5.74) is 2.36. The third-order valence-corrected chi connectivity index (χ3v) is 5.99. The van der Waals surface area contributed by atoms with Crippen LogP contribution in [-0.2, 0) is 0 Å². The van der Waals surface area contributed by atoms with Gasteiger partial charge in [0, 0.05) is 38.9 Å². The zero-order valence-corrected chi connectivity index (χ0v) is 17.5. The van der Waals surface area contributed by atoms with Crippen LogP contribution in [0.1, 0.15) is 16.9 Å². The number of fused-ring (bicyclic) bond motifs is 1. The normalized spacial score (nSPS) is 15.0. The van der Waals surface area contributed by atoms with Gasteiger partial charge in [-0.25, -0.2) is 4.52 Å². The topological polar surface area (TPSA) is 52.9 Å². The van der Waals surface area contributed by atoms with E-state index in [1.165, 1.54) is 0 Å². The Kier molecular flexibility index (Phi) is 6.23. The molecule has 3 aromatic rings. The van der Waals surface area contributed by atoms with Gasteiger partial charge in [-0.1, -0.05) is 35.3 Å². The van der Waals surface area contributed by atoms with E-state index in [1.54, 1.807) is 10.6 Å². The van der Waals surface area contributed by atoms with Gasteiger partial charge >= 0.3 is 0 Å². The first-order valence-electron chi connectivity index (χ1n) is 9.76. The van der Waals surface area contributed by atoms with Crippen molar-refractivity contribution in [3.63, 3.8) is 0 Å². The van der Waals surface area contributed by atoms with Crippen molar-refractivity contribution in [2.45, 2.75) is 6.42 Å². The molecule has 0 saturated carbocycles. The monoisotopic (exact) mass is 431 g/mol. The van der Waals surface area contributed by atoms with Crippen molar-refractivity contribution in [1.82, 2.24) is 19.8 Å². The number of amides is 1. The van der Waals surface area contributed by atoms with Gasteiger partial charge in [-0.15, -0.1) is 0 Å². The van der Waals surface area contributed by atoms with E-state index in [1.807, 2.05) is 42.6 Å². The Hall–Kier alpha value is -2.28. The second-order valence-corrected chi connectivity index (χ2v) is 7.90. The number of carbonyl (C=O) groups excluding carboxylic acids is 1. The maximum Gasteiger partial charge on any atom is 0.271 e. The molecule has 0 spiro atoms. The molecule has 1 fully saturated rings. The van der Waals surface area contributed by atoms with Gasteiger partial charge in [-0.2, -0.15) is 5.10 Å². The standard InChI is InChI=1S/C21H23Cl2N5O/c22-17-6-3-7-19(20(17)23)27-13-11-26(12-14-27)9-4-8-24-21(29)18-15-16-5-1-2-10-28(16)25-18/h1-3,5-7,10,15H,4,8-9,11-14H2,(H,24,29). The fourth-order valence-corrected chi connectivity index (χ4v) is 4.01. The molecule has 1 aromatic carbocycles. The number of benzene rings is 1. The number of pyridine rings is 1. The molecule has 4 rings (SSSR count). The minimum atomic E-state index is -0.130. The van der Waals surface area contributed by atoms with Gasteiger partial charge < -0.3 is 10.2 Å². The van der Waals surface area contributed by atoms with Gasteiger partial charge in [0.15, 0.2) is 5.69 Å². The van der Waals surface area contributed by atoms with Gasteiger partial charge in [-0.3, -0.25) is 9.69 Å². The first-order chi connectivity index (χ1) is 14.1. The van der Waals surface area contributed by atoms with Crippen LogP contribution in [0.2, 0.25) is 10.0 Å². The molecular weight excluding hydrogens is 409 g/mol. The molecular formula is C21H23Cl2N5O. The van der Waals surface area contributed by atoms with E-state index >= 15 is 0 Å². The molecule has 0 radical (unpaired) electrons. The van der Waals surface area contributed by atoms with E-state index in [4.69, 9.17) is 23.2 Å². The van der Waals surface area contributed by atoms with Gasteiger partial charge in [0.2, 0.25) is 0 Å². The third kappa shape index (κ3) is 4.66. The average Bonchev–Trinajstić information content (AvgIpc) is 3.18. The van der Waals surface area contributed by atoms with Crippen LogP contribution < -0.4 is 10.2 Å². The van der Waals surface area contributed by atoms with E-state index in [0.717, 1.165) is 50.3 Å². The highest BCUT2D eigenvalue weighted by Crippen LogP contribution is 2.32. The van der Waals surface area contributed by atoms with Gasteiger partial charge in [-0.05, 0) is 43.3 Å². The van der Waals surface area contributed by atoms with Crippen molar-refractivity contribution >= 4 is 40.3 Å². The molecule has 0 unspecified atom stereocenters. The molecule has 6 nitrogen and oxygen atoms in total. The summed E-state index contributed by atoms with van der Waals surface area (Å²) in [6, 6.07) is 13.3. The molecule has 2 aromatic heterocycles. The minimum Gasteiger partial charge on any atom is -0.368 e. The van der Waals surface area contributed by atoms with Crippen molar-refractivity contribution in [1.29, 1.82) is 0 Å². The number of rotatable bonds is 6. The molecule has 1 aliphatic heterocycles. The van der Waals surface area contributed by atoms with Gasteiger partial charge in [0.25, 0.3) is 5.91 Å². The Morgan fingerprint density at radius 1 is 1.07 bits per heavy atom. The molecule has 1 saturated heterocycles. The summed E-state index contributed by atoms with van der Waals surface area (Å²) >= 11 is 12.5. The predicted molar refractivity (Wildman–Crippen MR) is 117 cm³/mol. The Bertz CT molecular complexity index is 965. The van der Waals surface area contributed by atoms with Crippen LogP contribution in [0.15, 0.2) is 48.7 Å². The Balaban J connectivity index is 1.20. The molecule has 1 N–H and O–H groups in total. The summed E-state index contributed by atoms with van der Waals surface area (Å²) in [7, 11) is 0. The van der Waals surface area contributed by atoms with Crippen LogP contribution in [0.3, 0.4) is 0 Å². The summed E-state index contributed by atoms with van der Waals surface area (Å²) < 4.78 is 1.71. The summed E-state index contributed by atoms with van der Waals surface area (Å²) in [4.78, 5) is 17.0. The number of hydrogen-bond donors (Lipinski definition) is 1. The van der Waals surface area contributed by atoms with E-state index in [-0.39, 0.29) is 5.91 Å². The molecule has 1 amide bonds. The van der Waals surface area contributed by atoms with E-state index in [0.29, 0.717) is 22.3 Å². The van der Waals surface area contributed by atoms with Crippen molar-refractivity contribution in [2.24, 2.45) is 0 Å². The Morgan fingerprint density at radius 2 is 1.90 bits per heavy atom. The van der Waals surface area contributed by atoms with Crippen molar-refractivity contribution in [3.05, 3.63) is 64.4 Å². The number of anilines is 1. The number of aromatic nitrogens is 2. The lowest BCUT2D eigenvalue weighted by atomic mass is 10.2. The number of nitrogens with one attached hydrogen (secondary N) is 1. The second kappa shape index (κ2) is 9.03. The largest absolute Gasteiger partial charge is 0.368 e. The number of carbonyl (C=O) groups is 1. The van der Waals surface area contributed by atoms with E-state index in [2.05, 4.69) is 20.2 Å². The summed E-state index contributed by atoms with van der Waals surface area (Å²) in [5.74, 6) is -0.130. The van der Waals surface area contributed by atoms with Crippen molar-refractivity contribution in [3.8, 4) is 0 Å². The van der Waals surface area contributed by atoms with Crippen molar-refractivity contribution < 1.29 is 4.79 Å². The first kappa shape index (κ1) is 20.0. The zero-order valence-electron chi connectivity index (χ0n) is 16.0. The first-order valence-corrected chi connectivity index (χ1v) is 10.5. The van der Waals surface area contributed by atoms with Crippen LogP contribution in [0.4, 0.5) is 5.69 Å². The average molecular weight is 432 g/mol. The smallest absolute Gasteiger partial charge is 0.271 e. The van der Waals surface area contributed by atoms with Crippen LogP contribution in [-0.4, -0.2) is 59.7 Å². The van der Waals surface area contributed by atoms with E-state index in [9.17, 15) is 4.79 Å². The quantitative estimate of drug-likeness (QED) is 0.605. The molecule has 0 bridgehead atoms. The van der Waals surface area contributed by atoms with Crippen molar-refractivity contribution in [2.75, 3.05) is 44.2 Å². The van der Waals surface area contributed by atoms with Crippen LogP contribution in [0, 0.1) is 0 Å². The summed E-state index contributed by atoms with van der Waals surface area (Å²) in [6.07, 6.45) is 2.74. The SMILES string of the molecule is O=C(NCCCN1CCN(c2cccc(Cl)c2Cl)CC1)c1cc2ccccn2n1. The van der Waals surface area contributed by atoms with Crippen LogP contribution >= 0.6 is 23.2 Å². The Labute approximate surface area is 180 Å². The highest BCUT2D eigenvalue weighted by Gasteiger charge is 2.19. The lowest BCUT2D eigenvalue weighted by molar-refractivity contribution is 0.0946. The molecule has 0 atom stereocenters. The Morgan fingerprint density at radius 3 is 2.69 bits per heavy atom. The maximum atomic E-state index is 12.3. The molecule has 1 aliphatic rings. The molecule has 0 aliphatic carbocycles. The number of nitrogens with zero attached hydrogens (tertiary/aromatic N) is 4. The number of hydrogen-bond acceptors (Lipinski definition) is 4. The summed E-state index contributed by atoms with van der Waals surface area (Å²) in [5, 5.41) is 8.48.